The van der Waals surface area contributed by atoms with Gasteiger partial charge >= 0.3 is 0 Å². The fourth-order valence-electron chi connectivity index (χ4n) is 3.49. The molecule has 2 heterocycles. The van der Waals surface area contributed by atoms with Crippen molar-refractivity contribution in [3.8, 4) is 6.07 Å². The summed E-state index contributed by atoms with van der Waals surface area (Å²) in [5.41, 5.74) is 1.88. The second kappa shape index (κ2) is 9.21. The average Bonchev–Trinajstić information content (AvgIpc) is 3.05. The predicted molar refractivity (Wildman–Crippen MR) is 113 cm³/mol. The van der Waals surface area contributed by atoms with E-state index in [0.717, 1.165) is 16.9 Å². The van der Waals surface area contributed by atoms with Crippen molar-refractivity contribution in [2.24, 2.45) is 5.92 Å². The predicted octanol–water partition coefficient (Wildman–Crippen LogP) is 3.78. The number of rotatable bonds is 6. The Labute approximate surface area is 179 Å². The van der Waals surface area contributed by atoms with Gasteiger partial charge in [0.25, 0.3) is 11.8 Å². The summed E-state index contributed by atoms with van der Waals surface area (Å²) in [6.07, 6.45) is 5.79. The Morgan fingerprint density at radius 3 is 2.87 bits per heavy atom. The number of allylic oxidation sites excluding steroid dienone is 1. The number of nitrogens with zero attached hydrogens (tertiary/aromatic N) is 3. The maximum absolute atomic E-state index is 13.6. The fourth-order valence-corrected chi connectivity index (χ4v) is 3.49. The van der Waals surface area contributed by atoms with E-state index < -0.39 is 43.3 Å². The van der Waals surface area contributed by atoms with Crippen LogP contribution in [0.2, 0.25) is 0 Å². The molecule has 0 aliphatic carbocycles. The minimum Gasteiger partial charge on any atom is -0.343 e. The zero-order valence-corrected chi connectivity index (χ0v) is 17.4. The van der Waals surface area contributed by atoms with Gasteiger partial charge in [-0.05, 0) is 36.1 Å². The summed E-state index contributed by atoms with van der Waals surface area (Å²) in [7, 11) is 0. The van der Waals surface area contributed by atoms with Crippen molar-refractivity contribution >= 4 is 28.8 Å². The fraction of sp³-hybridized carbons (Fsp3) is 0.391. The van der Waals surface area contributed by atoms with Gasteiger partial charge in [-0.25, -0.2) is 8.78 Å². The summed E-state index contributed by atoms with van der Waals surface area (Å²) in [6.45, 7) is 2.97. The molecule has 1 saturated heterocycles. The van der Waals surface area contributed by atoms with Crippen LogP contribution in [0.15, 0.2) is 36.5 Å². The number of amides is 2. The highest BCUT2D eigenvalue weighted by atomic mass is 19.3. The van der Waals surface area contributed by atoms with Gasteiger partial charge in [-0.1, -0.05) is 32.1 Å². The van der Waals surface area contributed by atoms with E-state index in [-0.39, 0.29) is 0 Å². The second-order valence-electron chi connectivity index (χ2n) is 8.08. The highest BCUT2D eigenvalue weighted by molar-refractivity contribution is 6.07. The number of likely N-dealkylation sites (tertiary alicyclic amines) is 1. The van der Waals surface area contributed by atoms with Gasteiger partial charge in [0.1, 0.15) is 6.04 Å². The van der Waals surface area contributed by atoms with Gasteiger partial charge < -0.3 is 10.2 Å². The first-order valence-corrected chi connectivity index (χ1v) is 10.1. The van der Waals surface area contributed by atoms with E-state index in [1.54, 1.807) is 12.1 Å². The molecule has 2 amide bonds. The molecule has 1 aromatic carbocycles. The van der Waals surface area contributed by atoms with Gasteiger partial charge in [-0.3, -0.25) is 14.6 Å². The van der Waals surface area contributed by atoms with E-state index >= 15 is 0 Å². The number of aromatic nitrogens is 1. The molecule has 1 fully saturated rings. The summed E-state index contributed by atoms with van der Waals surface area (Å²) in [5, 5.41) is 12.1. The van der Waals surface area contributed by atoms with Crippen LogP contribution in [0.4, 0.5) is 8.78 Å². The summed E-state index contributed by atoms with van der Waals surface area (Å²) in [4.78, 5) is 30.2. The molecule has 1 aliphatic rings. The molecule has 8 heteroatoms. The lowest BCUT2D eigenvalue weighted by Crippen LogP contribution is -2.43. The number of alkyl halides is 2. The third kappa shape index (κ3) is 5.43. The Balaban J connectivity index is 1.74. The molecule has 0 bridgehead atoms. The first-order valence-electron chi connectivity index (χ1n) is 10.1. The minimum absolute atomic E-state index is 0.334. The standard InChI is InChI=1S/C23H24F2N4O2/c1-15(2)4-3-5-16-6-7-20-19(10-16)18(8-9-27-20)22(31)28-13-21(30)29-14-23(24,25)11-17(29)12-26/h3,5-10,15,17H,4,11,13-14H2,1-2H3,(H,28,31)/b5-3+. The molecule has 1 aromatic heterocycles. The van der Waals surface area contributed by atoms with Crippen LogP contribution in [-0.4, -0.2) is 46.8 Å². The van der Waals surface area contributed by atoms with Gasteiger partial charge in [0.2, 0.25) is 5.91 Å². The summed E-state index contributed by atoms with van der Waals surface area (Å²) >= 11 is 0. The number of carbonyl (C=O) groups excluding carboxylic acids is 2. The number of fused-ring (bicyclic) bond motifs is 1. The Bertz CT molecular complexity index is 1060. The minimum atomic E-state index is -3.10. The molecule has 0 spiro atoms. The van der Waals surface area contributed by atoms with Gasteiger partial charge in [-0.2, -0.15) is 5.26 Å². The van der Waals surface area contributed by atoms with Crippen molar-refractivity contribution in [2.75, 3.05) is 13.1 Å². The molecule has 162 valence electrons. The van der Waals surface area contributed by atoms with E-state index in [0.29, 0.717) is 22.4 Å². The van der Waals surface area contributed by atoms with E-state index in [1.165, 1.54) is 6.20 Å². The molecule has 31 heavy (non-hydrogen) atoms. The molecule has 1 N–H and O–H groups in total. The number of nitrogens with one attached hydrogen (secondary N) is 1. The lowest BCUT2D eigenvalue weighted by Gasteiger charge is -2.19. The Kier molecular flexibility index (Phi) is 6.64. The highest BCUT2D eigenvalue weighted by Gasteiger charge is 2.47. The third-order valence-corrected chi connectivity index (χ3v) is 5.07. The van der Waals surface area contributed by atoms with Crippen LogP contribution in [0, 0.1) is 17.2 Å². The molecular formula is C23H24F2N4O2. The topological polar surface area (TPSA) is 86.1 Å². The maximum Gasteiger partial charge on any atom is 0.268 e. The Morgan fingerprint density at radius 2 is 2.16 bits per heavy atom. The number of hydrogen-bond donors (Lipinski definition) is 1. The number of halogens is 2. The highest BCUT2D eigenvalue weighted by Crippen LogP contribution is 2.31. The zero-order chi connectivity index (χ0) is 22.6. The smallest absolute Gasteiger partial charge is 0.268 e. The molecular weight excluding hydrogens is 402 g/mol. The van der Waals surface area contributed by atoms with Crippen molar-refractivity contribution in [1.82, 2.24) is 15.2 Å². The SMILES string of the molecule is CC(C)C/C=C/c1ccc2nccc(C(=O)NCC(=O)N3CC(F)(F)CC3C#N)c2c1. The summed E-state index contributed by atoms with van der Waals surface area (Å²) in [6, 6.07) is 7.65. The van der Waals surface area contributed by atoms with Crippen molar-refractivity contribution < 1.29 is 18.4 Å². The van der Waals surface area contributed by atoms with Crippen LogP contribution in [0.1, 0.15) is 42.6 Å². The third-order valence-electron chi connectivity index (χ3n) is 5.07. The van der Waals surface area contributed by atoms with Gasteiger partial charge in [0.15, 0.2) is 0 Å². The van der Waals surface area contributed by atoms with Gasteiger partial charge in [-0.15, -0.1) is 0 Å². The number of pyridine rings is 1. The quantitative estimate of drug-likeness (QED) is 0.762. The van der Waals surface area contributed by atoms with Crippen molar-refractivity contribution in [3.63, 3.8) is 0 Å². The number of nitriles is 1. The zero-order valence-electron chi connectivity index (χ0n) is 17.4. The second-order valence-corrected chi connectivity index (χ2v) is 8.08. The number of benzene rings is 1. The largest absolute Gasteiger partial charge is 0.343 e. The molecule has 1 unspecified atom stereocenters. The molecule has 1 aliphatic heterocycles. The molecule has 3 rings (SSSR count). The maximum atomic E-state index is 13.6. The Hall–Kier alpha value is -3.34. The number of carbonyl (C=O) groups is 2. The van der Waals surface area contributed by atoms with E-state index in [4.69, 9.17) is 5.26 Å². The monoisotopic (exact) mass is 426 g/mol. The van der Waals surface area contributed by atoms with Crippen molar-refractivity contribution in [2.45, 2.75) is 38.7 Å². The first-order chi connectivity index (χ1) is 14.7. The molecule has 0 saturated carbocycles. The molecule has 6 nitrogen and oxygen atoms in total. The average molecular weight is 426 g/mol. The molecule has 1 atom stereocenters. The van der Waals surface area contributed by atoms with Crippen LogP contribution >= 0.6 is 0 Å². The Morgan fingerprint density at radius 1 is 1.39 bits per heavy atom. The first kappa shape index (κ1) is 22.3. The van der Waals surface area contributed by atoms with Crippen LogP contribution in [0.3, 0.4) is 0 Å². The van der Waals surface area contributed by atoms with Crippen LogP contribution < -0.4 is 5.32 Å². The van der Waals surface area contributed by atoms with E-state index in [1.807, 2.05) is 24.3 Å². The van der Waals surface area contributed by atoms with Crippen LogP contribution in [-0.2, 0) is 4.79 Å². The molecule has 2 aromatic rings. The van der Waals surface area contributed by atoms with Gasteiger partial charge in [0.05, 0.1) is 30.2 Å². The van der Waals surface area contributed by atoms with Crippen molar-refractivity contribution in [3.05, 3.63) is 47.7 Å². The summed E-state index contributed by atoms with van der Waals surface area (Å²) < 4.78 is 27.1. The van der Waals surface area contributed by atoms with E-state index in [9.17, 15) is 18.4 Å². The van der Waals surface area contributed by atoms with E-state index in [2.05, 4.69) is 30.2 Å². The lowest BCUT2D eigenvalue weighted by molar-refractivity contribution is -0.131. The number of hydrogen-bond acceptors (Lipinski definition) is 4. The van der Waals surface area contributed by atoms with Crippen LogP contribution in [0.5, 0.6) is 0 Å². The van der Waals surface area contributed by atoms with Crippen LogP contribution in [0.25, 0.3) is 17.0 Å². The van der Waals surface area contributed by atoms with Gasteiger partial charge in [0, 0.05) is 18.0 Å². The normalized spacial score (nSPS) is 17.9. The summed E-state index contributed by atoms with van der Waals surface area (Å²) in [5.74, 6) is -3.79. The van der Waals surface area contributed by atoms with Crippen molar-refractivity contribution in [1.29, 1.82) is 5.26 Å². The lowest BCUT2D eigenvalue weighted by atomic mass is 10.0. The molecule has 0 radical (unpaired) electrons.